The summed E-state index contributed by atoms with van der Waals surface area (Å²) < 4.78 is 4.55. The van der Waals surface area contributed by atoms with E-state index in [1.165, 1.54) is 27.2 Å². The van der Waals surface area contributed by atoms with Gasteiger partial charge in [-0.25, -0.2) is 4.98 Å². The van der Waals surface area contributed by atoms with Gasteiger partial charge in [-0.3, -0.25) is 4.98 Å². The summed E-state index contributed by atoms with van der Waals surface area (Å²) in [4.78, 5) is 9.10. The van der Waals surface area contributed by atoms with Crippen molar-refractivity contribution in [2.45, 2.75) is 0 Å². The van der Waals surface area contributed by atoms with E-state index in [0.717, 1.165) is 28.3 Å². The lowest BCUT2D eigenvalue weighted by Crippen LogP contribution is -1.97. The molecular weight excluding hydrogens is 416 g/mol. The molecule has 0 radical (unpaired) electrons. The van der Waals surface area contributed by atoms with Crippen molar-refractivity contribution in [3.8, 4) is 22.8 Å². The van der Waals surface area contributed by atoms with Crippen LogP contribution in [0, 0.1) is 0 Å². The summed E-state index contributed by atoms with van der Waals surface area (Å²) in [7, 11) is 0. The van der Waals surface area contributed by atoms with Crippen LogP contribution in [0.15, 0.2) is 122 Å². The minimum Gasteiger partial charge on any atom is -0.309 e. The van der Waals surface area contributed by atoms with E-state index in [1.807, 2.05) is 18.2 Å². The van der Waals surface area contributed by atoms with E-state index >= 15 is 0 Å². The molecule has 0 aliphatic heterocycles. The minimum absolute atomic E-state index is 0.894. The van der Waals surface area contributed by atoms with Crippen LogP contribution >= 0.6 is 0 Å². The molecular formula is C30H20N4. The SMILES string of the molecule is c1ccc(-n2c3ccccc3c3ccc4c(ccn4-c4cccc(-c5ccncc5)n4)c32)cc1. The van der Waals surface area contributed by atoms with Crippen LogP contribution < -0.4 is 0 Å². The number of hydrogen-bond donors (Lipinski definition) is 0. The highest BCUT2D eigenvalue weighted by molar-refractivity contribution is 6.18. The number of benzene rings is 3. The number of fused-ring (bicyclic) bond motifs is 5. The first-order valence-corrected chi connectivity index (χ1v) is 11.3. The average Bonchev–Trinajstić information content (AvgIpc) is 3.49. The molecule has 4 aromatic heterocycles. The van der Waals surface area contributed by atoms with Crippen LogP contribution in [0.5, 0.6) is 0 Å². The van der Waals surface area contributed by atoms with Crippen molar-refractivity contribution in [2.75, 3.05) is 0 Å². The molecule has 0 aliphatic carbocycles. The number of hydrogen-bond acceptors (Lipinski definition) is 2. The van der Waals surface area contributed by atoms with Crippen molar-refractivity contribution in [1.82, 2.24) is 19.1 Å². The van der Waals surface area contributed by atoms with E-state index < -0.39 is 0 Å². The molecule has 34 heavy (non-hydrogen) atoms. The van der Waals surface area contributed by atoms with Crippen molar-refractivity contribution in [3.05, 3.63) is 122 Å². The summed E-state index contributed by atoms with van der Waals surface area (Å²) >= 11 is 0. The molecule has 4 nitrogen and oxygen atoms in total. The van der Waals surface area contributed by atoms with Crippen molar-refractivity contribution >= 4 is 32.7 Å². The molecule has 0 spiro atoms. The van der Waals surface area contributed by atoms with Crippen molar-refractivity contribution in [1.29, 1.82) is 0 Å². The Morgan fingerprint density at radius 3 is 2.26 bits per heavy atom. The summed E-state index contributed by atoms with van der Waals surface area (Å²) in [5.41, 5.74) is 6.70. The molecule has 0 unspecified atom stereocenters. The van der Waals surface area contributed by atoms with E-state index in [9.17, 15) is 0 Å². The van der Waals surface area contributed by atoms with Gasteiger partial charge >= 0.3 is 0 Å². The molecule has 0 aliphatic rings. The molecule has 4 heteroatoms. The Morgan fingerprint density at radius 1 is 0.559 bits per heavy atom. The monoisotopic (exact) mass is 436 g/mol. The van der Waals surface area contributed by atoms with E-state index in [1.54, 1.807) is 12.4 Å². The van der Waals surface area contributed by atoms with Gasteiger partial charge in [0.1, 0.15) is 5.82 Å². The molecule has 0 amide bonds. The molecule has 0 saturated carbocycles. The average molecular weight is 437 g/mol. The van der Waals surface area contributed by atoms with E-state index in [0.29, 0.717) is 0 Å². The van der Waals surface area contributed by atoms with Crippen LogP contribution in [0.25, 0.3) is 55.5 Å². The zero-order valence-electron chi connectivity index (χ0n) is 18.3. The maximum absolute atomic E-state index is 4.97. The minimum atomic E-state index is 0.894. The van der Waals surface area contributed by atoms with Gasteiger partial charge in [-0.2, -0.15) is 0 Å². The predicted molar refractivity (Wildman–Crippen MR) is 139 cm³/mol. The summed E-state index contributed by atoms with van der Waals surface area (Å²) in [6, 6.07) is 36.0. The fourth-order valence-corrected chi connectivity index (χ4v) is 4.96. The Morgan fingerprint density at radius 2 is 1.38 bits per heavy atom. The van der Waals surface area contributed by atoms with Gasteiger partial charge in [0.15, 0.2) is 0 Å². The Labute approximate surface area is 196 Å². The second kappa shape index (κ2) is 7.42. The fourth-order valence-electron chi connectivity index (χ4n) is 4.96. The fraction of sp³-hybridized carbons (Fsp3) is 0. The van der Waals surface area contributed by atoms with Gasteiger partial charge in [0.05, 0.1) is 22.2 Å². The maximum atomic E-state index is 4.97. The van der Waals surface area contributed by atoms with Crippen LogP contribution in [0.3, 0.4) is 0 Å². The van der Waals surface area contributed by atoms with Crippen LogP contribution in [0.4, 0.5) is 0 Å². The van der Waals surface area contributed by atoms with Gasteiger partial charge in [-0.15, -0.1) is 0 Å². The molecule has 0 bridgehead atoms. The highest BCUT2D eigenvalue weighted by Crippen LogP contribution is 2.37. The number of pyridine rings is 2. The lowest BCUT2D eigenvalue weighted by atomic mass is 10.1. The van der Waals surface area contributed by atoms with Crippen LogP contribution in [-0.2, 0) is 0 Å². The molecule has 0 N–H and O–H groups in total. The highest BCUT2D eigenvalue weighted by atomic mass is 15.1. The topological polar surface area (TPSA) is 35.6 Å². The Balaban J connectivity index is 1.51. The van der Waals surface area contributed by atoms with E-state index in [-0.39, 0.29) is 0 Å². The Bertz CT molecular complexity index is 1790. The molecule has 0 fully saturated rings. The zero-order chi connectivity index (χ0) is 22.5. The number of aromatic nitrogens is 4. The van der Waals surface area contributed by atoms with Gasteiger partial charge in [0.25, 0.3) is 0 Å². The second-order valence-corrected chi connectivity index (χ2v) is 8.39. The molecule has 0 saturated heterocycles. The molecule has 7 rings (SSSR count). The van der Waals surface area contributed by atoms with Gasteiger partial charge in [-0.05, 0) is 54.6 Å². The van der Waals surface area contributed by atoms with E-state index in [2.05, 4.69) is 105 Å². The molecule has 160 valence electrons. The van der Waals surface area contributed by atoms with Crippen LogP contribution in [0.2, 0.25) is 0 Å². The molecule has 7 aromatic rings. The zero-order valence-corrected chi connectivity index (χ0v) is 18.3. The number of rotatable bonds is 3. The molecule has 3 aromatic carbocycles. The summed E-state index contributed by atoms with van der Waals surface area (Å²) in [6.45, 7) is 0. The summed E-state index contributed by atoms with van der Waals surface area (Å²) in [5.74, 6) is 0.894. The predicted octanol–water partition coefficient (Wildman–Crippen LogP) is 7.18. The quantitative estimate of drug-likeness (QED) is 0.294. The Hall–Kier alpha value is -4.70. The summed E-state index contributed by atoms with van der Waals surface area (Å²) in [6.07, 6.45) is 5.72. The first-order chi connectivity index (χ1) is 16.9. The summed E-state index contributed by atoms with van der Waals surface area (Å²) in [5, 5.41) is 3.71. The largest absolute Gasteiger partial charge is 0.309 e. The van der Waals surface area contributed by atoms with Crippen LogP contribution in [-0.4, -0.2) is 19.1 Å². The highest BCUT2D eigenvalue weighted by Gasteiger charge is 2.17. The standard InChI is InChI=1S/C30H20N4/c1-2-7-22(8-3-1)34-28-11-5-4-9-23(28)24-13-14-27-25(30(24)34)17-20-33(27)29-12-6-10-26(32-29)21-15-18-31-19-16-21/h1-20H. The number of nitrogens with zero attached hydrogens (tertiary/aromatic N) is 4. The third-order valence-electron chi connectivity index (χ3n) is 6.47. The third kappa shape index (κ3) is 2.79. The maximum Gasteiger partial charge on any atom is 0.137 e. The first-order valence-electron chi connectivity index (χ1n) is 11.3. The van der Waals surface area contributed by atoms with Crippen LogP contribution in [0.1, 0.15) is 0 Å². The van der Waals surface area contributed by atoms with Crippen molar-refractivity contribution < 1.29 is 0 Å². The Kier molecular flexibility index (Phi) is 4.11. The normalized spacial score (nSPS) is 11.5. The molecule has 4 heterocycles. The smallest absolute Gasteiger partial charge is 0.137 e. The van der Waals surface area contributed by atoms with Crippen molar-refractivity contribution in [2.24, 2.45) is 0 Å². The van der Waals surface area contributed by atoms with Gasteiger partial charge < -0.3 is 9.13 Å². The third-order valence-corrected chi connectivity index (χ3v) is 6.47. The number of para-hydroxylation sites is 2. The van der Waals surface area contributed by atoms with Crippen molar-refractivity contribution in [3.63, 3.8) is 0 Å². The lowest BCUT2D eigenvalue weighted by molar-refractivity contribution is 1.05. The lowest BCUT2D eigenvalue weighted by Gasteiger charge is -2.10. The van der Waals surface area contributed by atoms with Gasteiger partial charge in [0, 0.05) is 46.0 Å². The first kappa shape index (κ1) is 18.8. The van der Waals surface area contributed by atoms with Gasteiger partial charge in [0.2, 0.25) is 0 Å². The molecule has 0 atom stereocenters. The second-order valence-electron chi connectivity index (χ2n) is 8.39. The van der Waals surface area contributed by atoms with Gasteiger partial charge in [-0.1, -0.05) is 48.5 Å². The van der Waals surface area contributed by atoms with E-state index in [4.69, 9.17) is 4.98 Å².